The number of ether oxygens (including phenoxy) is 1. The normalized spacial score (nSPS) is 17.2. The summed E-state index contributed by atoms with van der Waals surface area (Å²) >= 11 is 0. The molecule has 0 saturated carbocycles. The molecule has 3 aromatic carbocycles. The van der Waals surface area contributed by atoms with Crippen LogP contribution in [0.15, 0.2) is 78.5 Å². The first kappa shape index (κ1) is 23.3. The highest BCUT2D eigenvalue weighted by molar-refractivity contribution is 6.46. The van der Waals surface area contributed by atoms with Crippen molar-refractivity contribution >= 4 is 28.4 Å². The number of H-pyrrole nitrogens is 1. The number of aromatic amines is 1. The van der Waals surface area contributed by atoms with Crippen molar-refractivity contribution in [1.29, 1.82) is 0 Å². The summed E-state index contributed by atoms with van der Waals surface area (Å²) in [4.78, 5) is 30.7. The number of nitrogens with zero attached hydrogens (tertiary/aromatic N) is 1. The predicted octanol–water partition coefficient (Wildman–Crippen LogP) is 5.12. The van der Waals surface area contributed by atoms with Crippen LogP contribution >= 0.6 is 0 Å². The Morgan fingerprint density at radius 1 is 1.06 bits per heavy atom. The van der Waals surface area contributed by atoms with Gasteiger partial charge in [-0.25, -0.2) is 8.78 Å². The second-order valence-corrected chi connectivity index (χ2v) is 8.50. The van der Waals surface area contributed by atoms with E-state index in [0.717, 1.165) is 28.6 Å². The van der Waals surface area contributed by atoms with Crippen LogP contribution in [-0.4, -0.2) is 40.3 Å². The molecule has 1 aliphatic rings. The number of hydrogen-bond donors (Lipinski definition) is 2. The van der Waals surface area contributed by atoms with E-state index in [9.17, 15) is 23.5 Å². The molecule has 1 aliphatic heterocycles. The number of carbonyl (C=O) groups excluding carboxylic acids is 2. The van der Waals surface area contributed by atoms with Crippen molar-refractivity contribution in [1.82, 2.24) is 9.88 Å². The number of hydrogen-bond acceptors (Lipinski definition) is 4. The van der Waals surface area contributed by atoms with Crippen LogP contribution in [-0.2, 0) is 16.0 Å². The number of Topliss-reactive ketones (excluding diaryl/α,β-unsaturated/α-hetero) is 1. The summed E-state index contributed by atoms with van der Waals surface area (Å²) in [5, 5.41) is 11.9. The number of ketones is 1. The largest absolute Gasteiger partial charge is 0.507 e. The van der Waals surface area contributed by atoms with Gasteiger partial charge in [0.1, 0.15) is 23.1 Å². The quantitative estimate of drug-likeness (QED) is 0.224. The van der Waals surface area contributed by atoms with Gasteiger partial charge in [-0.15, -0.1) is 0 Å². The lowest BCUT2D eigenvalue weighted by molar-refractivity contribution is -0.139. The maximum atomic E-state index is 14.9. The maximum Gasteiger partial charge on any atom is 0.295 e. The van der Waals surface area contributed by atoms with Gasteiger partial charge in [0.05, 0.1) is 18.7 Å². The molecule has 1 saturated heterocycles. The molecule has 5 rings (SSSR count). The number of likely N-dealkylation sites (tertiary alicyclic amines) is 1. The van der Waals surface area contributed by atoms with Gasteiger partial charge in [0.15, 0.2) is 0 Å². The highest BCUT2D eigenvalue weighted by atomic mass is 19.1. The Labute approximate surface area is 205 Å². The number of amides is 1. The second-order valence-electron chi connectivity index (χ2n) is 8.50. The zero-order valence-electron chi connectivity index (χ0n) is 19.3. The lowest BCUT2D eigenvalue weighted by Gasteiger charge is -2.25. The molecule has 1 fully saturated rings. The minimum atomic E-state index is -1.14. The molecule has 36 heavy (non-hydrogen) atoms. The number of aromatic nitrogens is 1. The predicted molar refractivity (Wildman–Crippen MR) is 130 cm³/mol. The number of methoxy groups -OCH3 is 1. The number of aliphatic hydroxyl groups is 1. The Hall–Kier alpha value is -4.46. The number of rotatable bonds is 6. The standard InChI is InChI=1S/C28H22F2N2O4/c1-36-19-10-11-23-21(14-19)17(15-31-23)12-13-32-25(20-4-2-3-5-22(20)30)24(27(34)28(32)35)26(33)16-6-8-18(29)9-7-16/h2-11,14-15,25,31,33H,12-13H2,1H3/t25-/m1/s1. The summed E-state index contributed by atoms with van der Waals surface area (Å²) in [6.45, 7) is 0.0912. The molecule has 2 N–H and O–H groups in total. The number of nitrogens with one attached hydrogen (secondary N) is 1. The molecule has 0 unspecified atom stereocenters. The lowest BCUT2D eigenvalue weighted by atomic mass is 9.94. The molecule has 182 valence electrons. The van der Waals surface area contributed by atoms with Crippen molar-refractivity contribution < 1.29 is 28.2 Å². The first-order chi connectivity index (χ1) is 17.4. The van der Waals surface area contributed by atoms with E-state index in [0.29, 0.717) is 12.2 Å². The molecule has 6 nitrogen and oxygen atoms in total. The van der Waals surface area contributed by atoms with E-state index < -0.39 is 35.1 Å². The zero-order valence-corrected chi connectivity index (χ0v) is 19.3. The fourth-order valence-corrected chi connectivity index (χ4v) is 4.63. The van der Waals surface area contributed by atoms with Gasteiger partial charge in [0, 0.05) is 34.8 Å². The molecule has 0 spiro atoms. The van der Waals surface area contributed by atoms with Gasteiger partial charge in [0.2, 0.25) is 0 Å². The number of benzene rings is 3. The van der Waals surface area contributed by atoms with Crippen LogP contribution < -0.4 is 4.74 Å². The van der Waals surface area contributed by atoms with E-state index >= 15 is 0 Å². The van der Waals surface area contributed by atoms with Gasteiger partial charge < -0.3 is 19.7 Å². The van der Waals surface area contributed by atoms with Crippen molar-refractivity contribution in [2.24, 2.45) is 0 Å². The third-order valence-corrected chi connectivity index (χ3v) is 6.45. The van der Waals surface area contributed by atoms with Crippen LogP contribution in [0.4, 0.5) is 8.78 Å². The highest BCUT2D eigenvalue weighted by Crippen LogP contribution is 2.40. The number of fused-ring (bicyclic) bond motifs is 1. The van der Waals surface area contributed by atoms with E-state index in [2.05, 4.69) is 4.98 Å². The minimum Gasteiger partial charge on any atom is -0.507 e. The van der Waals surface area contributed by atoms with Gasteiger partial charge in [-0.05, 0) is 60.5 Å². The molecule has 0 bridgehead atoms. The Bertz CT molecular complexity index is 1510. The molecule has 1 amide bonds. The van der Waals surface area contributed by atoms with Gasteiger partial charge in [0.25, 0.3) is 11.7 Å². The monoisotopic (exact) mass is 488 g/mol. The number of carbonyl (C=O) groups is 2. The highest BCUT2D eigenvalue weighted by Gasteiger charge is 2.46. The second kappa shape index (κ2) is 9.30. The summed E-state index contributed by atoms with van der Waals surface area (Å²) in [7, 11) is 1.57. The average Bonchev–Trinajstić information content (AvgIpc) is 3.40. The summed E-state index contributed by atoms with van der Waals surface area (Å²) in [5.74, 6) is -2.71. The average molecular weight is 488 g/mol. The molecule has 4 aromatic rings. The first-order valence-electron chi connectivity index (χ1n) is 11.3. The van der Waals surface area contributed by atoms with Crippen LogP contribution in [0.25, 0.3) is 16.7 Å². The van der Waals surface area contributed by atoms with Crippen LogP contribution in [0, 0.1) is 11.6 Å². The number of aliphatic hydroxyl groups excluding tert-OH is 1. The summed E-state index contributed by atoms with van der Waals surface area (Å²) in [6, 6.07) is 15.1. The smallest absolute Gasteiger partial charge is 0.295 e. The zero-order chi connectivity index (χ0) is 25.4. The molecule has 0 aliphatic carbocycles. The van der Waals surface area contributed by atoms with Crippen molar-refractivity contribution in [2.45, 2.75) is 12.5 Å². The SMILES string of the molecule is COc1ccc2[nH]cc(CCN3C(=O)C(=O)C(=C(O)c4ccc(F)cc4)[C@H]3c3ccccc3F)c2c1. The Morgan fingerprint density at radius 2 is 1.81 bits per heavy atom. The van der Waals surface area contributed by atoms with Gasteiger partial charge in [-0.2, -0.15) is 0 Å². The van der Waals surface area contributed by atoms with Crippen LogP contribution in [0.1, 0.15) is 22.7 Å². The summed E-state index contributed by atoms with van der Waals surface area (Å²) in [6.07, 6.45) is 2.18. The van der Waals surface area contributed by atoms with E-state index in [1.165, 1.54) is 35.2 Å². The fourth-order valence-electron chi connectivity index (χ4n) is 4.63. The third-order valence-electron chi connectivity index (χ3n) is 6.45. The fraction of sp³-hybridized carbons (Fsp3) is 0.143. The van der Waals surface area contributed by atoms with Crippen LogP contribution in [0.3, 0.4) is 0 Å². The van der Waals surface area contributed by atoms with E-state index in [1.807, 2.05) is 24.4 Å². The Morgan fingerprint density at radius 3 is 2.53 bits per heavy atom. The number of halogens is 2. The van der Waals surface area contributed by atoms with Crippen LogP contribution in [0.5, 0.6) is 5.75 Å². The van der Waals surface area contributed by atoms with E-state index in [-0.39, 0.29) is 23.2 Å². The maximum absolute atomic E-state index is 14.9. The minimum absolute atomic E-state index is 0.0842. The van der Waals surface area contributed by atoms with Crippen molar-refractivity contribution in [2.75, 3.05) is 13.7 Å². The molecule has 1 atom stereocenters. The van der Waals surface area contributed by atoms with E-state index in [4.69, 9.17) is 4.74 Å². The van der Waals surface area contributed by atoms with E-state index in [1.54, 1.807) is 13.2 Å². The van der Waals surface area contributed by atoms with Crippen molar-refractivity contribution in [3.8, 4) is 5.75 Å². The Balaban J connectivity index is 1.56. The first-order valence-corrected chi connectivity index (χ1v) is 11.3. The lowest BCUT2D eigenvalue weighted by Crippen LogP contribution is -2.32. The molecular weight excluding hydrogens is 466 g/mol. The van der Waals surface area contributed by atoms with Crippen molar-refractivity contribution in [3.05, 3.63) is 107 Å². The van der Waals surface area contributed by atoms with Crippen LogP contribution in [0.2, 0.25) is 0 Å². The molecule has 1 aromatic heterocycles. The molecule has 8 heteroatoms. The molecule has 0 radical (unpaired) electrons. The third kappa shape index (κ3) is 4.00. The van der Waals surface area contributed by atoms with Crippen molar-refractivity contribution in [3.63, 3.8) is 0 Å². The van der Waals surface area contributed by atoms with Gasteiger partial charge >= 0.3 is 0 Å². The topological polar surface area (TPSA) is 82.6 Å². The molecule has 2 heterocycles. The summed E-state index contributed by atoms with van der Waals surface area (Å²) < 4.78 is 33.7. The Kier molecular flexibility index (Phi) is 6.01. The van der Waals surface area contributed by atoms with Gasteiger partial charge in [-0.1, -0.05) is 18.2 Å². The molecular formula is C28H22F2N2O4. The summed E-state index contributed by atoms with van der Waals surface area (Å²) in [5.41, 5.74) is 1.77. The van der Waals surface area contributed by atoms with Gasteiger partial charge in [-0.3, -0.25) is 9.59 Å².